The van der Waals surface area contributed by atoms with Gasteiger partial charge in [-0.15, -0.1) is 10.2 Å². The number of rotatable bonds is 3. The highest BCUT2D eigenvalue weighted by Gasteiger charge is 2.21. The number of carbonyl (C=O) groups excluding carboxylic acids is 1. The molecule has 2 aromatic rings. The van der Waals surface area contributed by atoms with Gasteiger partial charge in [0.05, 0.1) is 17.1 Å². The van der Waals surface area contributed by atoms with Crippen molar-refractivity contribution in [2.24, 2.45) is 0 Å². The van der Waals surface area contributed by atoms with E-state index in [2.05, 4.69) is 19.7 Å². The lowest BCUT2D eigenvalue weighted by atomic mass is 10.2. The van der Waals surface area contributed by atoms with Crippen molar-refractivity contribution in [2.45, 2.75) is 25.9 Å². The topological polar surface area (TPSA) is 63.9 Å². The zero-order chi connectivity index (χ0) is 14.1. The minimum absolute atomic E-state index is 0.146. The van der Waals surface area contributed by atoms with Crippen molar-refractivity contribution in [3.05, 3.63) is 40.7 Å². The second-order valence-corrected chi connectivity index (χ2v) is 5.21. The maximum absolute atomic E-state index is 12.3. The molecule has 0 N–H and O–H groups in total. The van der Waals surface area contributed by atoms with Crippen molar-refractivity contribution in [1.82, 2.24) is 24.6 Å². The van der Waals surface area contributed by atoms with E-state index in [9.17, 15) is 4.79 Å². The number of carbonyl (C=O) groups is 1. The first-order valence-electron chi connectivity index (χ1n) is 6.42. The summed E-state index contributed by atoms with van der Waals surface area (Å²) in [5, 5.41) is 8.65. The van der Waals surface area contributed by atoms with Crippen LogP contribution in [0.3, 0.4) is 0 Å². The lowest BCUT2D eigenvalue weighted by molar-refractivity contribution is 0.0780. The van der Waals surface area contributed by atoms with E-state index in [0.717, 1.165) is 31.0 Å². The quantitative estimate of drug-likeness (QED) is 0.860. The summed E-state index contributed by atoms with van der Waals surface area (Å²) >= 11 is 6.00. The highest BCUT2D eigenvalue weighted by atomic mass is 35.5. The Labute approximate surface area is 121 Å². The molecule has 3 rings (SSSR count). The average molecular weight is 292 g/mol. The van der Waals surface area contributed by atoms with E-state index in [4.69, 9.17) is 11.6 Å². The largest absolute Gasteiger partial charge is 0.334 e. The summed E-state index contributed by atoms with van der Waals surface area (Å²) in [7, 11) is 1.73. The zero-order valence-corrected chi connectivity index (χ0v) is 11.8. The molecule has 0 aromatic carbocycles. The Bertz CT molecular complexity index is 654. The Morgan fingerprint density at radius 1 is 1.50 bits per heavy atom. The van der Waals surface area contributed by atoms with Crippen LogP contribution < -0.4 is 0 Å². The predicted molar refractivity (Wildman–Crippen MR) is 73.4 cm³/mol. The molecule has 0 bridgehead atoms. The van der Waals surface area contributed by atoms with Crippen LogP contribution in [0.15, 0.2) is 18.5 Å². The Morgan fingerprint density at radius 3 is 3.15 bits per heavy atom. The van der Waals surface area contributed by atoms with Gasteiger partial charge in [-0.1, -0.05) is 11.6 Å². The third-order valence-electron chi connectivity index (χ3n) is 3.41. The fourth-order valence-corrected chi connectivity index (χ4v) is 2.57. The molecule has 3 heterocycles. The molecule has 1 aliphatic heterocycles. The molecule has 0 saturated heterocycles. The van der Waals surface area contributed by atoms with E-state index in [-0.39, 0.29) is 5.91 Å². The molecule has 0 aliphatic carbocycles. The van der Waals surface area contributed by atoms with Crippen molar-refractivity contribution in [3.63, 3.8) is 0 Å². The number of aromatic nitrogens is 4. The first-order valence-corrected chi connectivity index (χ1v) is 6.80. The summed E-state index contributed by atoms with van der Waals surface area (Å²) in [6.45, 7) is 1.35. The number of halogens is 1. The van der Waals surface area contributed by atoms with Crippen LogP contribution in [0.25, 0.3) is 0 Å². The summed E-state index contributed by atoms with van der Waals surface area (Å²) in [5.41, 5.74) is 0.449. The molecule has 7 heteroatoms. The summed E-state index contributed by atoms with van der Waals surface area (Å²) in [5.74, 6) is 1.68. The molecule has 104 valence electrons. The first kappa shape index (κ1) is 13.1. The van der Waals surface area contributed by atoms with Crippen LogP contribution in [0.4, 0.5) is 0 Å². The summed E-state index contributed by atoms with van der Waals surface area (Å²) in [4.78, 5) is 17.8. The number of fused-ring (bicyclic) bond motifs is 1. The second-order valence-electron chi connectivity index (χ2n) is 4.80. The Balaban J connectivity index is 1.78. The van der Waals surface area contributed by atoms with Crippen LogP contribution in [0.2, 0.25) is 5.02 Å². The summed E-state index contributed by atoms with van der Waals surface area (Å²) < 4.78 is 2.08. The van der Waals surface area contributed by atoms with Gasteiger partial charge in [0.2, 0.25) is 0 Å². The maximum atomic E-state index is 12.3. The van der Waals surface area contributed by atoms with Crippen molar-refractivity contribution < 1.29 is 4.79 Å². The number of amides is 1. The van der Waals surface area contributed by atoms with Gasteiger partial charge in [-0.2, -0.15) is 0 Å². The van der Waals surface area contributed by atoms with Gasteiger partial charge in [0, 0.05) is 32.4 Å². The minimum Gasteiger partial charge on any atom is -0.334 e. The molecule has 0 fully saturated rings. The molecule has 20 heavy (non-hydrogen) atoms. The average Bonchev–Trinajstić information content (AvgIpc) is 3.03. The molecule has 0 spiro atoms. The number of hydrogen-bond acceptors (Lipinski definition) is 4. The molecule has 2 aromatic heterocycles. The zero-order valence-electron chi connectivity index (χ0n) is 11.1. The summed E-state index contributed by atoms with van der Waals surface area (Å²) in [6, 6.07) is 1.62. The van der Waals surface area contributed by atoms with Gasteiger partial charge in [0.25, 0.3) is 5.91 Å². The Morgan fingerprint density at radius 2 is 2.35 bits per heavy atom. The standard InChI is InChI=1S/C13H14ClN5O/c1-18(13(20)9-4-5-15-7-10(9)14)8-12-17-16-11-3-2-6-19(11)12/h4-5,7H,2-3,6,8H2,1H3. The molecule has 1 amide bonds. The molecular formula is C13H14ClN5O. The van der Waals surface area contributed by atoms with Crippen molar-refractivity contribution in [3.8, 4) is 0 Å². The van der Waals surface area contributed by atoms with Crippen molar-refractivity contribution in [1.29, 1.82) is 0 Å². The van der Waals surface area contributed by atoms with E-state index >= 15 is 0 Å². The van der Waals surface area contributed by atoms with E-state index < -0.39 is 0 Å². The maximum Gasteiger partial charge on any atom is 0.255 e. The Kier molecular flexibility index (Phi) is 3.40. The third kappa shape index (κ3) is 2.27. The van der Waals surface area contributed by atoms with Crippen molar-refractivity contribution in [2.75, 3.05) is 7.05 Å². The van der Waals surface area contributed by atoms with E-state index in [1.165, 1.54) is 6.20 Å². The van der Waals surface area contributed by atoms with Crippen LogP contribution in [0.5, 0.6) is 0 Å². The number of pyridine rings is 1. The monoisotopic (exact) mass is 291 g/mol. The predicted octanol–water partition coefficient (Wildman–Crippen LogP) is 1.54. The number of nitrogens with zero attached hydrogens (tertiary/aromatic N) is 5. The number of hydrogen-bond donors (Lipinski definition) is 0. The highest BCUT2D eigenvalue weighted by Crippen LogP contribution is 2.18. The van der Waals surface area contributed by atoms with Crippen LogP contribution in [0, 0.1) is 0 Å². The van der Waals surface area contributed by atoms with Gasteiger partial charge < -0.3 is 9.47 Å². The summed E-state index contributed by atoms with van der Waals surface area (Å²) in [6.07, 6.45) is 5.08. The van der Waals surface area contributed by atoms with E-state index in [1.54, 1.807) is 24.2 Å². The minimum atomic E-state index is -0.146. The third-order valence-corrected chi connectivity index (χ3v) is 3.72. The lowest BCUT2D eigenvalue weighted by Crippen LogP contribution is -2.28. The molecule has 0 saturated carbocycles. The lowest BCUT2D eigenvalue weighted by Gasteiger charge is -2.17. The van der Waals surface area contributed by atoms with Gasteiger partial charge in [-0.25, -0.2) is 0 Å². The molecule has 6 nitrogen and oxygen atoms in total. The fraction of sp³-hybridized carbons (Fsp3) is 0.385. The highest BCUT2D eigenvalue weighted by molar-refractivity contribution is 6.33. The molecule has 0 radical (unpaired) electrons. The Hall–Kier alpha value is -1.95. The molecular weight excluding hydrogens is 278 g/mol. The van der Waals surface area contributed by atoms with Gasteiger partial charge in [-0.05, 0) is 12.5 Å². The molecule has 1 aliphatic rings. The first-order chi connectivity index (χ1) is 9.66. The van der Waals surface area contributed by atoms with Gasteiger partial charge in [-0.3, -0.25) is 9.78 Å². The van der Waals surface area contributed by atoms with Crippen LogP contribution in [-0.4, -0.2) is 37.6 Å². The van der Waals surface area contributed by atoms with Gasteiger partial charge in [0.1, 0.15) is 5.82 Å². The van der Waals surface area contributed by atoms with Crippen LogP contribution >= 0.6 is 11.6 Å². The van der Waals surface area contributed by atoms with Gasteiger partial charge in [0.15, 0.2) is 5.82 Å². The van der Waals surface area contributed by atoms with E-state index in [0.29, 0.717) is 17.1 Å². The SMILES string of the molecule is CN(Cc1nnc2n1CCC2)C(=O)c1ccncc1Cl. The smallest absolute Gasteiger partial charge is 0.255 e. The second kappa shape index (κ2) is 5.20. The number of aryl methyl sites for hydroxylation is 1. The normalized spacial score (nSPS) is 13.3. The van der Waals surface area contributed by atoms with E-state index in [1.807, 2.05) is 0 Å². The van der Waals surface area contributed by atoms with Gasteiger partial charge >= 0.3 is 0 Å². The molecule has 0 unspecified atom stereocenters. The van der Waals surface area contributed by atoms with Crippen molar-refractivity contribution >= 4 is 17.5 Å². The van der Waals surface area contributed by atoms with Crippen LogP contribution in [-0.2, 0) is 19.5 Å². The fourth-order valence-electron chi connectivity index (χ4n) is 2.37. The molecule has 0 atom stereocenters. The van der Waals surface area contributed by atoms with Crippen LogP contribution in [0.1, 0.15) is 28.4 Å².